The molecule has 2 aliphatic rings. The molecular weight excluding hydrogens is 769 g/mol. The van der Waals surface area contributed by atoms with Crippen LogP contribution in [0.3, 0.4) is 0 Å². The Labute approximate surface area is 348 Å². The van der Waals surface area contributed by atoms with Crippen molar-refractivity contribution in [3.8, 4) is 22.5 Å². The average Bonchev–Trinajstić information content (AvgIpc) is 3.82. The van der Waals surface area contributed by atoms with Crippen LogP contribution in [0.1, 0.15) is 69.9 Å². The number of nitrogens with one attached hydrogen (secondary N) is 1. The second kappa shape index (κ2) is 19.7. The van der Waals surface area contributed by atoms with E-state index in [1.807, 2.05) is 56.3 Å². The normalized spacial score (nSPS) is 13.4. The first-order chi connectivity index (χ1) is 27.4. The van der Waals surface area contributed by atoms with Crippen LogP contribution in [0.25, 0.3) is 22.5 Å². The zero-order chi connectivity index (χ0) is 40.6. The van der Waals surface area contributed by atoms with Gasteiger partial charge in [-0.1, -0.05) is 31.7 Å². The first kappa shape index (κ1) is 43.5. The molecule has 8 N–H and O–H groups in total. The van der Waals surface area contributed by atoms with Gasteiger partial charge in [0.25, 0.3) is 5.91 Å². The number of carboxylic acids is 1. The maximum Gasteiger partial charge on any atom is 0.345 e. The number of aromatic carboxylic acids is 1. The number of thiophene rings is 2. The van der Waals surface area contributed by atoms with E-state index in [1.165, 1.54) is 32.2 Å². The van der Waals surface area contributed by atoms with Gasteiger partial charge in [-0.2, -0.15) is 0 Å². The van der Waals surface area contributed by atoms with Gasteiger partial charge in [0.15, 0.2) is 0 Å². The number of benzene rings is 2. The Hall–Kier alpha value is -5.58. The van der Waals surface area contributed by atoms with Crippen LogP contribution < -0.4 is 22.5 Å². The predicted octanol–water partition coefficient (Wildman–Crippen LogP) is 6.58. The summed E-state index contributed by atoms with van der Waals surface area (Å²) < 4.78 is 0. The molecule has 1 amide bonds. The minimum absolute atomic E-state index is 0. The van der Waals surface area contributed by atoms with Crippen LogP contribution in [0.15, 0.2) is 73.1 Å². The standard InChI is InChI=1S/C21H23N5OS.C12H14N4.C9H11NO2S.CH4/c1-13-9-14(17-5-7-23-21(22)25-17)3-4-15(13)11-24-20(27)19-10-16-12-26(2)8-6-18(16)28-19;1-8-6-9(2-3-10(8)7-13)11-4-5-15-12(14)16-11;1-10-3-2-7-6(5-10)4-8(13-7)9(11)12;/h3-5,7,9-10H,6,8,11-12H2,1-2H3,(H,24,27)(H2,22,23,25);2-6H,7,13H2,1H3,(H2,14,15,16);4H,2-3,5H2,1H3,(H,11,12);1H4. The zero-order valence-electron chi connectivity index (χ0n) is 32.6. The van der Waals surface area contributed by atoms with Crippen LogP contribution in [0.2, 0.25) is 0 Å². The van der Waals surface area contributed by atoms with Gasteiger partial charge in [-0.25, -0.2) is 24.7 Å². The second-order valence-corrected chi connectivity index (χ2v) is 16.4. The number of carboxylic acid groups (broad SMARTS) is 1. The molecule has 2 aliphatic heterocycles. The van der Waals surface area contributed by atoms with E-state index in [-0.39, 0.29) is 25.2 Å². The second-order valence-electron chi connectivity index (χ2n) is 14.2. The van der Waals surface area contributed by atoms with E-state index >= 15 is 0 Å². The van der Waals surface area contributed by atoms with Gasteiger partial charge >= 0.3 is 5.97 Å². The van der Waals surface area contributed by atoms with Crippen LogP contribution in [0.4, 0.5) is 11.9 Å². The lowest BCUT2D eigenvalue weighted by atomic mass is 10.0. The lowest BCUT2D eigenvalue weighted by Crippen LogP contribution is -2.25. The van der Waals surface area contributed by atoms with Gasteiger partial charge in [0.1, 0.15) is 4.88 Å². The molecule has 0 aliphatic carbocycles. The van der Waals surface area contributed by atoms with E-state index in [1.54, 1.807) is 29.8 Å². The molecule has 58 heavy (non-hydrogen) atoms. The number of hydrogen-bond donors (Lipinski definition) is 5. The molecule has 0 saturated carbocycles. The van der Waals surface area contributed by atoms with Gasteiger partial charge in [0.05, 0.1) is 16.3 Å². The van der Waals surface area contributed by atoms with Crippen molar-refractivity contribution in [2.45, 2.75) is 60.3 Å². The fraction of sp³-hybridized carbons (Fsp3) is 0.302. The van der Waals surface area contributed by atoms with E-state index in [4.69, 9.17) is 22.3 Å². The van der Waals surface area contributed by atoms with E-state index in [9.17, 15) is 9.59 Å². The molecule has 304 valence electrons. The van der Waals surface area contributed by atoms with Gasteiger partial charge in [-0.3, -0.25) is 4.79 Å². The fourth-order valence-electron chi connectivity index (χ4n) is 6.64. The molecule has 2 aromatic carbocycles. The quantitative estimate of drug-likeness (QED) is 0.116. The number of carbonyl (C=O) groups excluding carboxylic acids is 1. The number of amides is 1. The molecule has 0 unspecified atom stereocenters. The number of rotatable bonds is 7. The van der Waals surface area contributed by atoms with Crippen molar-refractivity contribution in [2.75, 3.05) is 38.7 Å². The molecule has 6 heterocycles. The smallest absolute Gasteiger partial charge is 0.345 e. The fourth-order valence-corrected chi connectivity index (χ4v) is 8.72. The van der Waals surface area contributed by atoms with Crippen molar-refractivity contribution in [1.29, 1.82) is 0 Å². The van der Waals surface area contributed by atoms with Crippen molar-refractivity contribution in [3.63, 3.8) is 0 Å². The Morgan fingerprint density at radius 1 is 0.741 bits per heavy atom. The van der Waals surface area contributed by atoms with E-state index in [0.29, 0.717) is 18.0 Å². The third-order valence-corrected chi connectivity index (χ3v) is 12.3. The maximum absolute atomic E-state index is 12.6. The Kier molecular flexibility index (Phi) is 14.8. The molecule has 4 aromatic heterocycles. The van der Waals surface area contributed by atoms with Crippen LogP contribution in [0, 0.1) is 13.8 Å². The number of aryl methyl sites for hydroxylation is 2. The number of nitrogens with zero attached hydrogens (tertiary/aromatic N) is 6. The number of carbonyl (C=O) groups is 2. The Morgan fingerprint density at radius 2 is 1.22 bits per heavy atom. The molecule has 0 radical (unpaired) electrons. The number of likely N-dealkylation sites (N-methyl/N-ethyl adjacent to an activating group) is 2. The monoisotopic (exact) mass is 820 g/mol. The molecule has 0 bridgehead atoms. The lowest BCUT2D eigenvalue weighted by Gasteiger charge is -2.21. The maximum atomic E-state index is 12.6. The number of nitrogen functional groups attached to an aromatic ring is 2. The Balaban J connectivity index is 0.000000181. The summed E-state index contributed by atoms with van der Waals surface area (Å²) in [4.78, 5) is 47.9. The highest BCUT2D eigenvalue weighted by molar-refractivity contribution is 7.14. The van der Waals surface area contributed by atoms with Crippen LogP contribution >= 0.6 is 22.7 Å². The van der Waals surface area contributed by atoms with Crippen molar-refractivity contribution in [2.24, 2.45) is 5.73 Å². The van der Waals surface area contributed by atoms with Crippen LogP contribution in [-0.4, -0.2) is 73.9 Å². The molecule has 0 fully saturated rings. The lowest BCUT2D eigenvalue weighted by molar-refractivity contribution is 0.0701. The van der Waals surface area contributed by atoms with Crippen LogP contribution in [-0.2, 0) is 39.0 Å². The van der Waals surface area contributed by atoms with Crippen molar-refractivity contribution in [3.05, 3.63) is 126 Å². The van der Waals surface area contributed by atoms with E-state index in [2.05, 4.69) is 61.3 Å². The number of aromatic nitrogens is 4. The minimum Gasteiger partial charge on any atom is -0.477 e. The summed E-state index contributed by atoms with van der Waals surface area (Å²) in [7, 11) is 4.17. The van der Waals surface area contributed by atoms with Crippen molar-refractivity contribution < 1.29 is 14.7 Å². The summed E-state index contributed by atoms with van der Waals surface area (Å²) in [6, 6.07) is 19.7. The highest BCUT2D eigenvalue weighted by Crippen LogP contribution is 2.29. The number of hydrogen-bond acceptors (Lipinski definition) is 13. The Bertz CT molecular complexity index is 2380. The van der Waals surface area contributed by atoms with Gasteiger partial charge in [0.2, 0.25) is 11.9 Å². The molecule has 13 nitrogen and oxygen atoms in total. The summed E-state index contributed by atoms with van der Waals surface area (Å²) in [5.41, 5.74) is 27.4. The van der Waals surface area contributed by atoms with E-state index < -0.39 is 5.97 Å². The SMILES string of the molecule is C.CN1CCc2sc(C(=O)O)cc2C1.Cc1cc(-c2ccnc(N)n2)ccc1CN.Cc1cc(-c2ccnc(N)n2)ccc1CNC(=O)c1cc2c(s1)CCN(C)C2. The molecular formula is C43H52N10O3S2. The number of anilines is 2. The molecule has 0 saturated heterocycles. The predicted molar refractivity (Wildman–Crippen MR) is 235 cm³/mol. The summed E-state index contributed by atoms with van der Waals surface area (Å²) in [6.45, 7) is 9.03. The average molecular weight is 821 g/mol. The largest absolute Gasteiger partial charge is 0.477 e. The summed E-state index contributed by atoms with van der Waals surface area (Å²) >= 11 is 3.04. The molecule has 6 aromatic rings. The summed E-state index contributed by atoms with van der Waals surface area (Å²) in [5.74, 6) is -0.259. The van der Waals surface area contributed by atoms with Gasteiger partial charge in [-0.05, 0) is 111 Å². The first-order valence-corrected chi connectivity index (χ1v) is 20.2. The Morgan fingerprint density at radius 3 is 1.69 bits per heavy atom. The van der Waals surface area contributed by atoms with Crippen molar-refractivity contribution in [1.82, 2.24) is 35.1 Å². The molecule has 15 heteroatoms. The third kappa shape index (κ3) is 11.1. The third-order valence-electron chi connectivity index (χ3n) is 9.83. The molecule has 0 spiro atoms. The zero-order valence-corrected chi connectivity index (χ0v) is 34.2. The minimum atomic E-state index is -0.804. The number of nitrogens with two attached hydrogens (primary N) is 3. The van der Waals surface area contributed by atoms with Crippen molar-refractivity contribution >= 4 is 46.4 Å². The van der Waals surface area contributed by atoms with Gasteiger partial charge in [0, 0.05) is 72.5 Å². The summed E-state index contributed by atoms with van der Waals surface area (Å²) in [5, 5.41) is 11.9. The summed E-state index contributed by atoms with van der Waals surface area (Å²) in [6.07, 6.45) is 5.32. The molecule has 0 atom stereocenters. The van der Waals surface area contributed by atoms with Gasteiger partial charge in [-0.15, -0.1) is 22.7 Å². The molecule has 8 rings (SSSR count). The van der Waals surface area contributed by atoms with Crippen LogP contribution in [0.5, 0.6) is 0 Å². The van der Waals surface area contributed by atoms with Gasteiger partial charge < -0.3 is 37.4 Å². The first-order valence-electron chi connectivity index (χ1n) is 18.6. The van der Waals surface area contributed by atoms with E-state index in [0.717, 1.165) is 88.7 Å². The highest BCUT2D eigenvalue weighted by atomic mass is 32.1. The number of fused-ring (bicyclic) bond motifs is 2. The topological polar surface area (TPSA) is 203 Å². The highest BCUT2D eigenvalue weighted by Gasteiger charge is 2.20.